The number of ether oxygens (including phenoxy) is 1. The predicted molar refractivity (Wildman–Crippen MR) is 118 cm³/mol. The van der Waals surface area contributed by atoms with Crippen LogP contribution in [0, 0.1) is 5.82 Å². The van der Waals surface area contributed by atoms with Gasteiger partial charge in [0.05, 0.1) is 11.1 Å². The van der Waals surface area contributed by atoms with E-state index in [-0.39, 0.29) is 35.7 Å². The van der Waals surface area contributed by atoms with Crippen LogP contribution < -0.4 is 20.7 Å². The quantitative estimate of drug-likeness (QED) is 0.538. The Morgan fingerprint density at radius 2 is 2.10 bits per heavy atom. The van der Waals surface area contributed by atoms with Crippen molar-refractivity contribution in [3.63, 3.8) is 0 Å². The molecule has 0 aromatic heterocycles. The second-order valence-electron chi connectivity index (χ2n) is 7.75. The highest BCUT2D eigenvalue weighted by molar-refractivity contribution is 6.30. The number of carbonyl (C=O) groups excluding carboxylic acids is 2. The monoisotopic (exact) mass is 447 g/mol. The fourth-order valence-electron chi connectivity index (χ4n) is 3.72. The Labute approximate surface area is 186 Å². The van der Waals surface area contributed by atoms with E-state index in [4.69, 9.17) is 16.3 Å². The lowest BCUT2D eigenvalue weighted by Gasteiger charge is -2.27. The van der Waals surface area contributed by atoms with Gasteiger partial charge in [0.15, 0.2) is 6.61 Å². The molecule has 2 amide bonds. The first-order valence-corrected chi connectivity index (χ1v) is 10.7. The molecule has 4 rings (SSSR count). The summed E-state index contributed by atoms with van der Waals surface area (Å²) in [5.41, 5.74) is 4.31. The van der Waals surface area contributed by atoms with Crippen LogP contribution in [0.5, 0.6) is 5.75 Å². The standard InChI is InChI=1S/C23H27ClFN3O3/c1-14-10-16-4-3-5-18(14)21(28-16)12-26-22(29)9-6-15(2)27-23(30)13-31-17-7-8-19(24)20(25)11-17/h7-8,10-11,21,28H,2-6,9,12-13H2,1H3,(H,26,29)(H,27,30). The normalized spacial score (nSPS) is 17.4. The molecule has 0 spiro atoms. The van der Waals surface area contributed by atoms with Crippen molar-refractivity contribution in [3.8, 4) is 5.75 Å². The summed E-state index contributed by atoms with van der Waals surface area (Å²) < 4.78 is 18.6. The molecule has 1 aromatic carbocycles. The van der Waals surface area contributed by atoms with Gasteiger partial charge in [0.1, 0.15) is 11.6 Å². The van der Waals surface area contributed by atoms with Crippen LogP contribution in [0.4, 0.5) is 4.39 Å². The van der Waals surface area contributed by atoms with E-state index in [0.29, 0.717) is 18.7 Å². The summed E-state index contributed by atoms with van der Waals surface area (Å²) in [6.45, 7) is 6.13. The van der Waals surface area contributed by atoms with E-state index in [2.05, 4.69) is 35.5 Å². The third-order valence-electron chi connectivity index (χ3n) is 5.30. The molecule has 166 valence electrons. The summed E-state index contributed by atoms with van der Waals surface area (Å²) in [7, 11) is 0. The van der Waals surface area contributed by atoms with Gasteiger partial charge in [-0.2, -0.15) is 0 Å². The number of allylic oxidation sites excluding steroid dienone is 4. The number of nitrogens with one attached hydrogen (secondary N) is 3. The van der Waals surface area contributed by atoms with Crippen LogP contribution in [0.3, 0.4) is 0 Å². The Morgan fingerprint density at radius 1 is 1.29 bits per heavy atom. The number of amides is 2. The first kappa shape index (κ1) is 22.9. The molecule has 2 heterocycles. The summed E-state index contributed by atoms with van der Waals surface area (Å²) >= 11 is 5.61. The Bertz CT molecular complexity index is 942. The molecule has 1 atom stereocenters. The first-order chi connectivity index (χ1) is 14.8. The van der Waals surface area contributed by atoms with Crippen LogP contribution in [-0.4, -0.2) is 31.0 Å². The van der Waals surface area contributed by atoms with E-state index in [1.165, 1.54) is 29.0 Å². The number of dihydropyridines is 1. The maximum atomic E-state index is 13.4. The summed E-state index contributed by atoms with van der Waals surface area (Å²) in [6, 6.07) is 4.08. The lowest BCUT2D eigenvalue weighted by atomic mass is 9.96. The third kappa shape index (κ3) is 6.59. The van der Waals surface area contributed by atoms with Crippen molar-refractivity contribution >= 4 is 23.4 Å². The highest BCUT2D eigenvalue weighted by atomic mass is 35.5. The maximum absolute atomic E-state index is 13.4. The van der Waals surface area contributed by atoms with Crippen molar-refractivity contribution < 1.29 is 18.7 Å². The van der Waals surface area contributed by atoms with E-state index < -0.39 is 11.7 Å². The van der Waals surface area contributed by atoms with Crippen LogP contribution >= 0.6 is 11.6 Å². The van der Waals surface area contributed by atoms with Crippen molar-refractivity contribution in [2.45, 2.75) is 45.1 Å². The van der Waals surface area contributed by atoms with Crippen molar-refractivity contribution in [2.24, 2.45) is 0 Å². The average Bonchev–Trinajstić information content (AvgIpc) is 3.04. The highest BCUT2D eigenvalue weighted by Gasteiger charge is 2.24. The Hall–Kier alpha value is -2.80. The minimum absolute atomic E-state index is 0.0188. The van der Waals surface area contributed by atoms with Gasteiger partial charge in [-0.15, -0.1) is 0 Å². The highest BCUT2D eigenvalue weighted by Crippen LogP contribution is 2.29. The van der Waals surface area contributed by atoms with Gasteiger partial charge in [-0.25, -0.2) is 4.39 Å². The number of hydrogen-bond donors (Lipinski definition) is 3. The van der Waals surface area contributed by atoms with E-state index >= 15 is 0 Å². The van der Waals surface area contributed by atoms with Crippen LogP contribution in [-0.2, 0) is 9.59 Å². The average molecular weight is 448 g/mol. The third-order valence-corrected chi connectivity index (χ3v) is 5.61. The number of fused-ring (bicyclic) bond motifs is 4. The number of benzene rings is 1. The molecule has 3 aliphatic rings. The van der Waals surface area contributed by atoms with Crippen molar-refractivity contribution in [1.82, 2.24) is 16.0 Å². The largest absolute Gasteiger partial charge is 0.484 e. The number of carbonyl (C=O) groups is 2. The van der Waals surface area contributed by atoms with Crippen LogP contribution in [0.15, 0.2) is 53.4 Å². The molecule has 1 aromatic rings. The zero-order chi connectivity index (χ0) is 22.4. The molecule has 31 heavy (non-hydrogen) atoms. The van der Waals surface area contributed by atoms with Crippen molar-refractivity contribution in [3.05, 3.63) is 64.2 Å². The number of hydrogen-bond acceptors (Lipinski definition) is 4. The van der Waals surface area contributed by atoms with Crippen LogP contribution in [0.1, 0.15) is 39.0 Å². The molecule has 3 N–H and O–H groups in total. The van der Waals surface area contributed by atoms with E-state index in [1.54, 1.807) is 0 Å². The lowest BCUT2D eigenvalue weighted by Crippen LogP contribution is -2.42. The topological polar surface area (TPSA) is 79.5 Å². The van der Waals surface area contributed by atoms with Gasteiger partial charge in [0, 0.05) is 30.4 Å². The van der Waals surface area contributed by atoms with Crippen molar-refractivity contribution in [1.29, 1.82) is 0 Å². The van der Waals surface area contributed by atoms with Gasteiger partial charge >= 0.3 is 0 Å². The smallest absolute Gasteiger partial charge is 0.262 e. The second-order valence-corrected chi connectivity index (χ2v) is 8.16. The minimum atomic E-state index is -0.620. The fraction of sp³-hybridized carbons (Fsp3) is 0.391. The molecule has 2 aliphatic heterocycles. The Balaban J connectivity index is 1.34. The van der Waals surface area contributed by atoms with Crippen LogP contribution in [0.2, 0.25) is 5.02 Å². The maximum Gasteiger partial charge on any atom is 0.262 e. The molecule has 1 saturated heterocycles. The van der Waals surface area contributed by atoms with Gasteiger partial charge in [-0.1, -0.05) is 18.2 Å². The van der Waals surface area contributed by atoms with Crippen molar-refractivity contribution in [2.75, 3.05) is 13.2 Å². The molecule has 8 heteroatoms. The zero-order valence-corrected chi connectivity index (χ0v) is 18.3. The zero-order valence-electron chi connectivity index (χ0n) is 17.5. The van der Waals surface area contributed by atoms with Crippen LogP contribution in [0.25, 0.3) is 0 Å². The molecule has 1 unspecified atom stereocenters. The summed E-state index contributed by atoms with van der Waals surface area (Å²) in [5.74, 6) is -0.957. The predicted octanol–water partition coefficient (Wildman–Crippen LogP) is 3.74. The van der Waals surface area contributed by atoms with Gasteiger partial charge in [0.25, 0.3) is 5.91 Å². The molecule has 6 nitrogen and oxygen atoms in total. The molecule has 1 aliphatic carbocycles. The second kappa shape index (κ2) is 10.5. The summed E-state index contributed by atoms with van der Waals surface area (Å²) in [4.78, 5) is 24.2. The lowest BCUT2D eigenvalue weighted by molar-refractivity contribution is -0.123. The Kier molecular flexibility index (Phi) is 7.74. The van der Waals surface area contributed by atoms with E-state index in [0.717, 1.165) is 25.3 Å². The SMILES string of the molecule is C=C(CCC(=O)NCC1NC2=CC(C)=C1CCC2)NC(=O)COc1ccc(Cl)c(F)c1. The molecule has 0 saturated carbocycles. The number of halogens is 2. The van der Waals surface area contributed by atoms with Gasteiger partial charge < -0.3 is 20.7 Å². The van der Waals surface area contributed by atoms with Gasteiger partial charge in [0.2, 0.25) is 5.91 Å². The molecular weight excluding hydrogens is 421 g/mol. The summed E-state index contributed by atoms with van der Waals surface area (Å²) in [5, 5.41) is 9.03. The first-order valence-electron chi connectivity index (χ1n) is 10.3. The van der Waals surface area contributed by atoms with Gasteiger partial charge in [-0.05, 0) is 62.0 Å². The van der Waals surface area contributed by atoms with Gasteiger partial charge in [-0.3, -0.25) is 9.59 Å². The Morgan fingerprint density at radius 3 is 2.87 bits per heavy atom. The number of rotatable bonds is 9. The molecule has 0 radical (unpaired) electrons. The molecular formula is C23H27ClFN3O3. The minimum Gasteiger partial charge on any atom is -0.484 e. The van der Waals surface area contributed by atoms with E-state index in [9.17, 15) is 14.0 Å². The molecule has 2 bridgehead atoms. The molecule has 1 fully saturated rings. The van der Waals surface area contributed by atoms with E-state index in [1.807, 2.05) is 0 Å². The summed E-state index contributed by atoms with van der Waals surface area (Å²) in [6.07, 6.45) is 5.95. The fourth-order valence-corrected chi connectivity index (χ4v) is 3.84.